The quantitative estimate of drug-likeness (QED) is 0.852. The first-order valence-electron chi connectivity index (χ1n) is 6.78. The van der Waals surface area contributed by atoms with Crippen molar-refractivity contribution in [1.29, 1.82) is 0 Å². The molecule has 1 N–H and O–H groups in total. The molecule has 1 heterocycles. The molecule has 2 aromatic rings. The summed E-state index contributed by atoms with van der Waals surface area (Å²) in [5, 5.41) is 6.01. The highest BCUT2D eigenvalue weighted by molar-refractivity contribution is 7.08. The van der Waals surface area contributed by atoms with Crippen LogP contribution in [0.3, 0.4) is 0 Å². The highest BCUT2D eigenvalue weighted by atomic mass is 32.1. The number of rotatable bonds is 5. The maximum Gasteiger partial charge on any atom is 0.339 e. The van der Waals surface area contributed by atoms with E-state index in [1.54, 1.807) is 55.2 Å². The molecule has 0 unspecified atom stereocenters. The van der Waals surface area contributed by atoms with Crippen LogP contribution in [0.1, 0.15) is 20.7 Å². The Labute approximate surface area is 137 Å². The van der Waals surface area contributed by atoms with Gasteiger partial charge in [-0.1, -0.05) is 0 Å². The van der Waals surface area contributed by atoms with Crippen molar-refractivity contribution in [2.45, 2.75) is 0 Å². The number of benzene rings is 1. The SMILES string of the molecule is CN(C)C(=O)c1ccc(NC(=O)COC(=O)c2ccsc2)cc1. The molecule has 1 aromatic heterocycles. The summed E-state index contributed by atoms with van der Waals surface area (Å²) >= 11 is 1.38. The van der Waals surface area contributed by atoms with E-state index in [0.717, 1.165) is 0 Å². The van der Waals surface area contributed by atoms with Gasteiger partial charge in [0.1, 0.15) is 0 Å². The van der Waals surface area contributed by atoms with E-state index in [1.807, 2.05) is 0 Å². The van der Waals surface area contributed by atoms with Gasteiger partial charge in [-0.3, -0.25) is 9.59 Å². The minimum absolute atomic E-state index is 0.118. The number of hydrogen-bond donors (Lipinski definition) is 1. The second kappa shape index (κ2) is 7.55. The molecule has 120 valence electrons. The van der Waals surface area contributed by atoms with Gasteiger partial charge in [-0.05, 0) is 35.7 Å². The first kappa shape index (κ1) is 16.7. The number of hydrogen-bond acceptors (Lipinski definition) is 5. The molecule has 0 aliphatic heterocycles. The van der Waals surface area contributed by atoms with Crippen molar-refractivity contribution in [2.75, 3.05) is 26.0 Å². The van der Waals surface area contributed by atoms with Gasteiger partial charge < -0.3 is 15.0 Å². The van der Waals surface area contributed by atoms with Crippen LogP contribution in [0.4, 0.5) is 5.69 Å². The summed E-state index contributed by atoms with van der Waals surface area (Å²) in [4.78, 5) is 36.6. The molecular formula is C16H16N2O4S. The van der Waals surface area contributed by atoms with Gasteiger partial charge in [-0.2, -0.15) is 11.3 Å². The molecule has 0 spiro atoms. The highest BCUT2D eigenvalue weighted by Gasteiger charge is 2.11. The van der Waals surface area contributed by atoms with Crippen molar-refractivity contribution in [2.24, 2.45) is 0 Å². The summed E-state index contributed by atoms with van der Waals surface area (Å²) in [6.45, 7) is -0.368. The number of amides is 2. The van der Waals surface area contributed by atoms with Crippen molar-refractivity contribution >= 4 is 34.8 Å². The molecule has 2 amide bonds. The van der Waals surface area contributed by atoms with E-state index in [1.165, 1.54) is 16.2 Å². The van der Waals surface area contributed by atoms with Gasteiger partial charge in [-0.25, -0.2) is 4.79 Å². The molecule has 0 bridgehead atoms. The molecule has 0 saturated heterocycles. The van der Waals surface area contributed by atoms with Crippen LogP contribution in [0.5, 0.6) is 0 Å². The van der Waals surface area contributed by atoms with Gasteiger partial charge in [0.15, 0.2) is 6.61 Å². The van der Waals surface area contributed by atoms with Crippen LogP contribution < -0.4 is 5.32 Å². The lowest BCUT2D eigenvalue weighted by Gasteiger charge is -2.11. The van der Waals surface area contributed by atoms with Gasteiger partial charge in [0.05, 0.1) is 5.56 Å². The first-order valence-corrected chi connectivity index (χ1v) is 7.72. The van der Waals surface area contributed by atoms with E-state index in [2.05, 4.69) is 5.32 Å². The standard InChI is InChI=1S/C16H16N2O4S/c1-18(2)15(20)11-3-5-13(6-4-11)17-14(19)9-22-16(21)12-7-8-23-10-12/h3-8,10H,9H2,1-2H3,(H,17,19). The molecule has 6 nitrogen and oxygen atoms in total. The predicted octanol–water partition coefficient (Wildman–Crippen LogP) is 2.25. The van der Waals surface area contributed by atoms with Crippen LogP contribution in [-0.4, -0.2) is 43.4 Å². The average Bonchev–Trinajstić information content (AvgIpc) is 3.07. The second-order valence-corrected chi connectivity index (χ2v) is 5.69. The Balaban J connectivity index is 1.85. The minimum Gasteiger partial charge on any atom is -0.452 e. The Morgan fingerprint density at radius 2 is 1.78 bits per heavy atom. The second-order valence-electron chi connectivity index (χ2n) is 4.91. The van der Waals surface area contributed by atoms with Crippen molar-refractivity contribution < 1.29 is 19.1 Å². The Kier molecular flexibility index (Phi) is 5.48. The maximum atomic E-state index is 11.8. The zero-order chi connectivity index (χ0) is 16.8. The van der Waals surface area contributed by atoms with E-state index in [4.69, 9.17) is 4.74 Å². The largest absolute Gasteiger partial charge is 0.452 e. The number of esters is 1. The van der Waals surface area contributed by atoms with E-state index in [-0.39, 0.29) is 12.5 Å². The smallest absolute Gasteiger partial charge is 0.339 e. The Hall–Kier alpha value is -2.67. The molecule has 0 aliphatic rings. The number of thiophene rings is 1. The van der Waals surface area contributed by atoms with Crippen LogP contribution in [0.25, 0.3) is 0 Å². The van der Waals surface area contributed by atoms with Crippen LogP contribution in [0.2, 0.25) is 0 Å². The zero-order valence-corrected chi connectivity index (χ0v) is 13.6. The Morgan fingerprint density at radius 3 is 2.35 bits per heavy atom. The van der Waals surface area contributed by atoms with E-state index < -0.39 is 11.9 Å². The molecule has 1 aromatic carbocycles. The average molecular weight is 332 g/mol. The predicted molar refractivity (Wildman–Crippen MR) is 87.7 cm³/mol. The van der Waals surface area contributed by atoms with Crippen molar-refractivity contribution in [3.8, 4) is 0 Å². The van der Waals surface area contributed by atoms with Crippen LogP contribution in [-0.2, 0) is 9.53 Å². The van der Waals surface area contributed by atoms with Crippen LogP contribution >= 0.6 is 11.3 Å². The third kappa shape index (κ3) is 4.65. The third-order valence-corrected chi connectivity index (χ3v) is 3.60. The molecule has 2 rings (SSSR count). The number of carbonyl (C=O) groups excluding carboxylic acids is 3. The first-order chi connectivity index (χ1) is 11.0. The molecule has 7 heteroatoms. The van der Waals surface area contributed by atoms with Gasteiger partial charge in [0.2, 0.25) is 0 Å². The van der Waals surface area contributed by atoms with E-state index >= 15 is 0 Å². The molecule has 0 fully saturated rings. The number of nitrogens with zero attached hydrogens (tertiary/aromatic N) is 1. The molecule has 0 radical (unpaired) electrons. The van der Waals surface area contributed by atoms with Crippen LogP contribution in [0, 0.1) is 0 Å². The molecule has 0 aliphatic carbocycles. The lowest BCUT2D eigenvalue weighted by molar-refractivity contribution is -0.119. The van der Waals surface area contributed by atoms with Crippen molar-refractivity contribution in [3.05, 3.63) is 52.2 Å². The Bertz CT molecular complexity index is 693. The normalized spacial score (nSPS) is 10.0. The Morgan fingerprint density at radius 1 is 1.09 bits per heavy atom. The number of nitrogens with one attached hydrogen (secondary N) is 1. The summed E-state index contributed by atoms with van der Waals surface area (Å²) in [5.74, 6) is -1.10. The summed E-state index contributed by atoms with van der Waals surface area (Å²) in [6, 6.07) is 8.11. The summed E-state index contributed by atoms with van der Waals surface area (Å²) in [6.07, 6.45) is 0. The lowest BCUT2D eigenvalue weighted by atomic mass is 10.2. The van der Waals surface area contributed by atoms with Gasteiger partial charge >= 0.3 is 5.97 Å². The third-order valence-electron chi connectivity index (χ3n) is 2.91. The molecule has 0 atom stereocenters. The van der Waals surface area contributed by atoms with Crippen molar-refractivity contribution in [3.63, 3.8) is 0 Å². The molecular weight excluding hydrogens is 316 g/mol. The fourth-order valence-corrected chi connectivity index (χ4v) is 2.37. The molecule has 23 heavy (non-hydrogen) atoms. The van der Waals surface area contributed by atoms with E-state index in [9.17, 15) is 14.4 Å². The van der Waals surface area contributed by atoms with Crippen molar-refractivity contribution in [1.82, 2.24) is 4.90 Å². The topological polar surface area (TPSA) is 75.7 Å². The summed E-state index contributed by atoms with van der Waals surface area (Å²) in [5.41, 5.74) is 1.48. The number of anilines is 1. The lowest BCUT2D eigenvalue weighted by Crippen LogP contribution is -2.22. The van der Waals surface area contributed by atoms with E-state index in [0.29, 0.717) is 16.8 Å². The van der Waals surface area contributed by atoms with Gasteiger partial charge in [0.25, 0.3) is 11.8 Å². The number of carbonyl (C=O) groups is 3. The monoisotopic (exact) mass is 332 g/mol. The van der Waals surface area contributed by atoms with Gasteiger partial charge in [-0.15, -0.1) is 0 Å². The number of ether oxygens (including phenoxy) is 1. The minimum atomic E-state index is -0.534. The van der Waals surface area contributed by atoms with Crippen LogP contribution in [0.15, 0.2) is 41.1 Å². The maximum absolute atomic E-state index is 11.8. The summed E-state index contributed by atoms with van der Waals surface area (Å²) < 4.78 is 4.91. The zero-order valence-electron chi connectivity index (χ0n) is 12.7. The fourth-order valence-electron chi connectivity index (χ4n) is 1.75. The van der Waals surface area contributed by atoms with Gasteiger partial charge in [0, 0.05) is 30.7 Å². The molecule has 0 saturated carbocycles. The highest BCUT2D eigenvalue weighted by Crippen LogP contribution is 2.11. The summed E-state index contributed by atoms with van der Waals surface area (Å²) in [7, 11) is 3.33. The fraction of sp³-hybridized carbons (Fsp3) is 0.188.